The summed E-state index contributed by atoms with van der Waals surface area (Å²) in [6.45, 7) is 0. The molecule has 1 aromatic carbocycles. The van der Waals surface area contributed by atoms with Gasteiger partial charge in [0.1, 0.15) is 11.9 Å². The van der Waals surface area contributed by atoms with E-state index in [4.69, 9.17) is 9.47 Å². The normalized spacial score (nSPS) is 23.3. The number of hydrogen-bond donors (Lipinski definition) is 0. The summed E-state index contributed by atoms with van der Waals surface area (Å²) in [6.07, 6.45) is -0.644. The van der Waals surface area contributed by atoms with Crippen LogP contribution in [-0.2, 0) is 14.3 Å². The SMILES string of the molecule is COC(=O)[C@@H]1O[C@@H]1c1cccc(OC)c1. The third-order valence-electron chi connectivity index (χ3n) is 2.35. The molecule has 1 saturated heterocycles. The number of benzene rings is 1. The molecule has 1 aliphatic rings. The van der Waals surface area contributed by atoms with Crippen LogP contribution in [0.25, 0.3) is 0 Å². The summed E-state index contributed by atoms with van der Waals surface area (Å²) in [5, 5.41) is 0. The van der Waals surface area contributed by atoms with Crippen molar-refractivity contribution in [3.05, 3.63) is 29.8 Å². The third-order valence-corrected chi connectivity index (χ3v) is 2.35. The highest BCUT2D eigenvalue weighted by Gasteiger charge is 2.47. The summed E-state index contributed by atoms with van der Waals surface area (Å²) in [5.74, 6) is 0.425. The fourth-order valence-electron chi connectivity index (χ4n) is 1.48. The van der Waals surface area contributed by atoms with Gasteiger partial charge in [0.15, 0.2) is 6.10 Å². The van der Waals surface area contributed by atoms with Gasteiger partial charge in [-0.15, -0.1) is 0 Å². The van der Waals surface area contributed by atoms with Gasteiger partial charge in [-0.3, -0.25) is 0 Å². The van der Waals surface area contributed by atoms with E-state index in [0.717, 1.165) is 11.3 Å². The molecular formula is C11H12O4. The highest BCUT2D eigenvalue weighted by atomic mass is 16.6. The summed E-state index contributed by atoms with van der Waals surface area (Å²) in [4.78, 5) is 11.1. The molecule has 0 N–H and O–H groups in total. The maximum Gasteiger partial charge on any atom is 0.338 e. The van der Waals surface area contributed by atoms with Crippen molar-refractivity contribution in [3.63, 3.8) is 0 Å². The van der Waals surface area contributed by atoms with Crippen LogP contribution in [0.15, 0.2) is 24.3 Å². The van der Waals surface area contributed by atoms with E-state index in [1.807, 2.05) is 24.3 Å². The predicted molar refractivity (Wildman–Crippen MR) is 52.6 cm³/mol. The summed E-state index contributed by atoms with van der Waals surface area (Å²) in [7, 11) is 2.96. The zero-order chi connectivity index (χ0) is 10.8. The van der Waals surface area contributed by atoms with E-state index in [0.29, 0.717) is 0 Å². The van der Waals surface area contributed by atoms with Crippen LogP contribution in [0.2, 0.25) is 0 Å². The van der Waals surface area contributed by atoms with Crippen LogP contribution in [-0.4, -0.2) is 26.3 Å². The first-order valence-corrected chi connectivity index (χ1v) is 4.63. The minimum atomic E-state index is -0.456. The summed E-state index contributed by atoms with van der Waals surface area (Å²) in [5.41, 5.74) is 0.935. The summed E-state index contributed by atoms with van der Waals surface area (Å²) >= 11 is 0. The van der Waals surface area contributed by atoms with Crippen molar-refractivity contribution in [2.45, 2.75) is 12.2 Å². The Morgan fingerprint density at radius 2 is 2.20 bits per heavy atom. The number of esters is 1. The second-order valence-corrected chi connectivity index (χ2v) is 3.28. The molecule has 0 radical (unpaired) electrons. The van der Waals surface area contributed by atoms with Crippen LogP contribution >= 0.6 is 0 Å². The van der Waals surface area contributed by atoms with Gasteiger partial charge < -0.3 is 14.2 Å². The first kappa shape index (κ1) is 9.98. The first-order chi connectivity index (χ1) is 7.26. The zero-order valence-electron chi connectivity index (χ0n) is 8.60. The van der Waals surface area contributed by atoms with Gasteiger partial charge in [-0.25, -0.2) is 4.79 Å². The van der Waals surface area contributed by atoms with Crippen molar-refractivity contribution in [3.8, 4) is 5.75 Å². The van der Waals surface area contributed by atoms with Crippen LogP contribution in [0, 0.1) is 0 Å². The van der Waals surface area contributed by atoms with E-state index in [1.54, 1.807) is 7.11 Å². The average molecular weight is 208 g/mol. The standard InChI is InChI=1S/C11H12O4/c1-13-8-5-3-4-7(6-8)9-10(15-9)11(12)14-2/h3-6,9-10H,1-2H3/t9-,10-/m1/s1. The van der Waals surface area contributed by atoms with Crippen molar-refractivity contribution in [2.75, 3.05) is 14.2 Å². The molecule has 0 amide bonds. The van der Waals surface area contributed by atoms with Gasteiger partial charge in [0.2, 0.25) is 0 Å². The predicted octanol–water partition coefficient (Wildman–Crippen LogP) is 1.31. The van der Waals surface area contributed by atoms with Crippen molar-refractivity contribution in [1.82, 2.24) is 0 Å². The van der Waals surface area contributed by atoms with E-state index >= 15 is 0 Å². The molecule has 2 rings (SSSR count). The number of rotatable bonds is 3. The Bertz CT molecular complexity index is 375. The molecule has 0 aromatic heterocycles. The van der Waals surface area contributed by atoms with Crippen LogP contribution in [0.1, 0.15) is 11.7 Å². The molecule has 4 heteroatoms. The van der Waals surface area contributed by atoms with Crippen molar-refractivity contribution in [1.29, 1.82) is 0 Å². The molecule has 0 spiro atoms. The summed E-state index contributed by atoms with van der Waals surface area (Å²) < 4.78 is 14.9. The molecule has 2 atom stereocenters. The number of carbonyl (C=O) groups is 1. The van der Waals surface area contributed by atoms with Crippen molar-refractivity contribution >= 4 is 5.97 Å². The number of methoxy groups -OCH3 is 2. The van der Waals surface area contributed by atoms with Gasteiger partial charge in [-0.2, -0.15) is 0 Å². The van der Waals surface area contributed by atoms with E-state index < -0.39 is 6.10 Å². The molecule has 1 aliphatic heterocycles. The topological polar surface area (TPSA) is 48.1 Å². The van der Waals surface area contributed by atoms with Gasteiger partial charge in [-0.05, 0) is 17.7 Å². The molecule has 80 valence electrons. The average Bonchev–Trinajstić information content (AvgIpc) is 3.08. The molecule has 0 saturated carbocycles. The Balaban J connectivity index is 2.09. The molecular weight excluding hydrogens is 196 g/mol. The number of epoxide rings is 1. The third kappa shape index (κ3) is 1.94. The second kappa shape index (κ2) is 3.90. The van der Waals surface area contributed by atoms with E-state index in [9.17, 15) is 4.79 Å². The molecule has 0 aliphatic carbocycles. The Labute approximate surface area is 87.8 Å². The number of carbonyl (C=O) groups excluding carboxylic acids is 1. The Kier molecular flexibility index (Phi) is 2.60. The Morgan fingerprint density at radius 1 is 1.40 bits per heavy atom. The zero-order valence-corrected chi connectivity index (χ0v) is 8.60. The Morgan fingerprint density at radius 3 is 2.87 bits per heavy atom. The fraction of sp³-hybridized carbons (Fsp3) is 0.364. The molecule has 4 nitrogen and oxygen atoms in total. The van der Waals surface area contributed by atoms with Gasteiger partial charge >= 0.3 is 5.97 Å². The molecule has 1 aromatic rings. The lowest BCUT2D eigenvalue weighted by molar-refractivity contribution is -0.142. The minimum Gasteiger partial charge on any atom is -0.497 e. The van der Waals surface area contributed by atoms with Crippen LogP contribution in [0.4, 0.5) is 0 Å². The van der Waals surface area contributed by atoms with Crippen LogP contribution in [0.3, 0.4) is 0 Å². The first-order valence-electron chi connectivity index (χ1n) is 4.63. The summed E-state index contributed by atoms with van der Waals surface area (Å²) in [6, 6.07) is 7.47. The van der Waals surface area contributed by atoms with Gasteiger partial charge in [0, 0.05) is 0 Å². The van der Waals surface area contributed by atoms with Gasteiger partial charge in [0.25, 0.3) is 0 Å². The highest BCUT2D eigenvalue weighted by Crippen LogP contribution is 2.40. The fourth-order valence-corrected chi connectivity index (χ4v) is 1.48. The Hall–Kier alpha value is -1.55. The lowest BCUT2D eigenvalue weighted by Gasteiger charge is -2.01. The number of ether oxygens (including phenoxy) is 3. The lowest BCUT2D eigenvalue weighted by Crippen LogP contribution is -2.09. The van der Waals surface area contributed by atoms with Gasteiger partial charge in [-0.1, -0.05) is 12.1 Å². The van der Waals surface area contributed by atoms with E-state index in [1.165, 1.54) is 7.11 Å². The second-order valence-electron chi connectivity index (χ2n) is 3.28. The van der Waals surface area contributed by atoms with Crippen molar-refractivity contribution < 1.29 is 19.0 Å². The maximum absolute atomic E-state index is 11.1. The monoisotopic (exact) mass is 208 g/mol. The van der Waals surface area contributed by atoms with Gasteiger partial charge in [0.05, 0.1) is 14.2 Å². The number of hydrogen-bond acceptors (Lipinski definition) is 4. The largest absolute Gasteiger partial charge is 0.497 e. The van der Waals surface area contributed by atoms with Crippen molar-refractivity contribution in [2.24, 2.45) is 0 Å². The molecule has 0 bridgehead atoms. The smallest absolute Gasteiger partial charge is 0.338 e. The van der Waals surface area contributed by atoms with Crippen LogP contribution in [0.5, 0.6) is 5.75 Å². The maximum atomic E-state index is 11.1. The molecule has 15 heavy (non-hydrogen) atoms. The van der Waals surface area contributed by atoms with E-state index in [-0.39, 0.29) is 12.1 Å². The minimum absolute atomic E-state index is 0.187. The quantitative estimate of drug-likeness (QED) is 0.555. The van der Waals surface area contributed by atoms with Crippen LogP contribution < -0.4 is 4.74 Å². The molecule has 1 fully saturated rings. The highest BCUT2D eigenvalue weighted by molar-refractivity contribution is 5.78. The lowest BCUT2D eigenvalue weighted by atomic mass is 10.1. The molecule has 0 unspecified atom stereocenters. The van der Waals surface area contributed by atoms with E-state index in [2.05, 4.69) is 4.74 Å². The molecule has 1 heterocycles.